The van der Waals surface area contributed by atoms with Gasteiger partial charge in [0.1, 0.15) is 0 Å². The van der Waals surface area contributed by atoms with Crippen LogP contribution in [0.15, 0.2) is 25.6 Å². The Labute approximate surface area is 130 Å². The molecule has 0 saturated heterocycles. The lowest BCUT2D eigenvalue weighted by Gasteiger charge is -2.16. The molecule has 0 spiro atoms. The van der Waals surface area contributed by atoms with Crippen LogP contribution in [0.5, 0.6) is 0 Å². The highest BCUT2D eigenvalue weighted by atomic mass is 79.9. The molecule has 0 unspecified atom stereocenters. The SMILES string of the molecule is CCOC(=O)CN(CC)Cc1nnc(-c2ccc(Br)o2)o1. The summed E-state index contributed by atoms with van der Waals surface area (Å²) in [6.45, 7) is 5.33. The average molecular weight is 358 g/mol. The van der Waals surface area contributed by atoms with E-state index in [1.807, 2.05) is 11.8 Å². The Kier molecular flexibility index (Phi) is 5.51. The summed E-state index contributed by atoms with van der Waals surface area (Å²) in [6, 6.07) is 3.48. The molecule has 0 bridgehead atoms. The largest absolute Gasteiger partial charge is 0.465 e. The van der Waals surface area contributed by atoms with Gasteiger partial charge in [-0.1, -0.05) is 6.92 Å². The standard InChI is InChI=1S/C13H16BrN3O4/c1-3-17(8-12(18)19-4-2)7-11-15-16-13(21-11)9-5-6-10(14)20-9/h5-6H,3-4,7-8H2,1-2H3. The number of aromatic nitrogens is 2. The molecule has 0 amide bonds. The topological polar surface area (TPSA) is 81.6 Å². The van der Waals surface area contributed by atoms with Gasteiger partial charge in [0.05, 0.1) is 19.7 Å². The monoisotopic (exact) mass is 357 g/mol. The summed E-state index contributed by atoms with van der Waals surface area (Å²) >= 11 is 3.21. The number of likely N-dealkylation sites (N-methyl/N-ethyl adjacent to an activating group) is 1. The van der Waals surface area contributed by atoms with Crippen molar-refractivity contribution >= 4 is 21.9 Å². The van der Waals surface area contributed by atoms with E-state index in [-0.39, 0.29) is 12.5 Å². The van der Waals surface area contributed by atoms with Gasteiger partial charge in [-0.25, -0.2) is 0 Å². The zero-order valence-corrected chi connectivity index (χ0v) is 13.4. The number of carbonyl (C=O) groups excluding carboxylic acids is 1. The van der Waals surface area contributed by atoms with Crippen molar-refractivity contribution in [3.05, 3.63) is 22.7 Å². The van der Waals surface area contributed by atoms with Gasteiger partial charge in [-0.05, 0) is 41.5 Å². The molecule has 2 aromatic rings. The van der Waals surface area contributed by atoms with Crippen molar-refractivity contribution < 1.29 is 18.4 Å². The summed E-state index contributed by atoms with van der Waals surface area (Å²) < 4.78 is 16.4. The predicted molar refractivity (Wildman–Crippen MR) is 77.3 cm³/mol. The third-order valence-corrected chi connectivity index (χ3v) is 3.14. The highest BCUT2D eigenvalue weighted by molar-refractivity contribution is 9.10. The zero-order valence-electron chi connectivity index (χ0n) is 11.8. The predicted octanol–water partition coefficient (Wildman–Crippen LogP) is 2.48. The van der Waals surface area contributed by atoms with Gasteiger partial charge in [0.15, 0.2) is 10.4 Å². The Hall–Kier alpha value is -1.67. The van der Waals surface area contributed by atoms with E-state index < -0.39 is 0 Å². The minimum Gasteiger partial charge on any atom is -0.465 e. The zero-order chi connectivity index (χ0) is 15.2. The maximum absolute atomic E-state index is 11.5. The van der Waals surface area contributed by atoms with Crippen molar-refractivity contribution in [2.45, 2.75) is 20.4 Å². The summed E-state index contributed by atoms with van der Waals surface area (Å²) in [5.74, 6) is 0.953. The molecule has 0 aliphatic heterocycles. The van der Waals surface area contributed by atoms with E-state index in [2.05, 4.69) is 26.1 Å². The molecular formula is C13H16BrN3O4. The number of furan rings is 1. The van der Waals surface area contributed by atoms with Crippen LogP contribution in [0.4, 0.5) is 0 Å². The van der Waals surface area contributed by atoms with E-state index in [1.54, 1.807) is 19.1 Å². The summed E-state index contributed by atoms with van der Waals surface area (Å²) in [6.07, 6.45) is 0. The van der Waals surface area contributed by atoms with Gasteiger partial charge < -0.3 is 13.6 Å². The van der Waals surface area contributed by atoms with Crippen molar-refractivity contribution in [2.24, 2.45) is 0 Å². The number of nitrogens with zero attached hydrogens (tertiary/aromatic N) is 3. The van der Waals surface area contributed by atoms with Gasteiger partial charge in [-0.15, -0.1) is 10.2 Å². The second-order valence-corrected chi connectivity index (χ2v) is 4.99. The maximum atomic E-state index is 11.5. The first kappa shape index (κ1) is 15.7. The maximum Gasteiger partial charge on any atom is 0.320 e. The summed E-state index contributed by atoms with van der Waals surface area (Å²) in [4.78, 5) is 13.3. The fourth-order valence-electron chi connectivity index (χ4n) is 1.71. The second-order valence-electron chi connectivity index (χ2n) is 4.21. The molecule has 0 radical (unpaired) electrons. The van der Waals surface area contributed by atoms with Gasteiger partial charge in [-0.2, -0.15) is 0 Å². The van der Waals surface area contributed by atoms with Crippen LogP contribution in [0.3, 0.4) is 0 Å². The number of carbonyl (C=O) groups is 1. The Bertz CT molecular complexity index is 596. The van der Waals surface area contributed by atoms with Crippen molar-refractivity contribution in [1.82, 2.24) is 15.1 Å². The summed E-state index contributed by atoms with van der Waals surface area (Å²) in [5, 5.41) is 7.89. The average Bonchev–Trinajstić information content (AvgIpc) is 3.07. The lowest BCUT2D eigenvalue weighted by atomic mass is 10.4. The molecule has 21 heavy (non-hydrogen) atoms. The molecule has 0 aromatic carbocycles. The van der Waals surface area contributed by atoms with Crippen molar-refractivity contribution in [3.63, 3.8) is 0 Å². The van der Waals surface area contributed by atoms with Crippen molar-refractivity contribution in [2.75, 3.05) is 19.7 Å². The Morgan fingerprint density at radius 2 is 2.14 bits per heavy atom. The molecule has 114 valence electrons. The quantitative estimate of drug-likeness (QED) is 0.703. The number of halogens is 1. The van der Waals surface area contributed by atoms with Crippen LogP contribution in [-0.4, -0.2) is 40.8 Å². The van der Waals surface area contributed by atoms with Crippen LogP contribution in [-0.2, 0) is 16.1 Å². The van der Waals surface area contributed by atoms with Crippen molar-refractivity contribution in [1.29, 1.82) is 0 Å². The Balaban J connectivity index is 1.99. The highest BCUT2D eigenvalue weighted by Crippen LogP contribution is 2.23. The molecule has 2 aromatic heterocycles. The first-order valence-electron chi connectivity index (χ1n) is 6.58. The van der Waals surface area contributed by atoms with Gasteiger partial charge in [-0.3, -0.25) is 9.69 Å². The van der Waals surface area contributed by atoms with Crippen LogP contribution >= 0.6 is 15.9 Å². The molecule has 0 N–H and O–H groups in total. The number of esters is 1. The van der Waals surface area contributed by atoms with E-state index in [0.29, 0.717) is 41.9 Å². The Morgan fingerprint density at radius 3 is 2.76 bits per heavy atom. The fraction of sp³-hybridized carbons (Fsp3) is 0.462. The number of rotatable bonds is 7. The molecule has 8 heteroatoms. The van der Waals surface area contributed by atoms with E-state index in [9.17, 15) is 4.79 Å². The van der Waals surface area contributed by atoms with Crippen LogP contribution < -0.4 is 0 Å². The number of ether oxygens (including phenoxy) is 1. The third kappa shape index (κ3) is 4.40. The Morgan fingerprint density at radius 1 is 1.33 bits per heavy atom. The molecular weight excluding hydrogens is 342 g/mol. The molecule has 2 heterocycles. The highest BCUT2D eigenvalue weighted by Gasteiger charge is 2.16. The smallest absolute Gasteiger partial charge is 0.320 e. The molecule has 7 nitrogen and oxygen atoms in total. The second kappa shape index (κ2) is 7.37. The van der Waals surface area contributed by atoms with Crippen LogP contribution in [0.25, 0.3) is 11.7 Å². The first-order valence-corrected chi connectivity index (χ1v) is 7.37. The van der Waals surface area contributed by atoms with Crippen LogP contribution in [0, 0.1) is 0 Å². The molecule has 0 saturated carbocycles. The lowest BCUT2D eigenvalue weighted by Crippen LogP contribution is -2.30. The van der Waals surface area contributed by atoms with E-state index in [1.165, 1.54) is 0 Å². The van der Waals surface area contributed by atoms with Crippen LogP contribution in [0.1, 0.15) is 19.7 Å². The van der Waals surface area contributed by atoms with Gasteiger partial charge in [0.2, 0.25) is 5.89 Å². The first-order chi connectivity index (χ1) is 10.1. The van der Waals surface area contributed by atoms with Crippen molar-refractivity contribution in [3.8, 4) is 11.7 Å². The summed E-state index contributed by atoms with van der Waals surface area (Å²) in [5.41, 5.74) is 0. The summed E-state index contributed by atoms with van der Waals surface area (Å²) in [7, 11) is 0. The molecule has 0 atom stereocenters. The van der Waals surface area contributed by atoms with E-state index in [4.69, 9.17) is 13.6 Å². The molecule has 0 aliphatic rings. The normalized spacial score (nSPS) is 11.0. The molecule has 0 fully saturated rings. The molecule has 2 rings (SSSR count). The minimum absolute atomic E-state index is 0.189. The van der Waals surface area contributed by atoms with Crippen LogP contribution in [0.2, 0.25) is 0 Å². The fourth-order valence-corrected chi connectivity index (χ4v) is 2.01. The minimum atomic E-state index is -0.269. The number of hydrogen-bond acceptors (Lipinski definition) is 7. The van der Waals surface area contributed by atoms with Gasteiger partial charge in [0, 0.05) is 0 Å². The number of hydrogen-bond donors (Lipinski definition) is 0. The van der Waals surface area contributed by atoms with Gasteiger partial charge in [0.25, 0.3) is 5.89 Å². The molecule has 0 aliphatic carbocycles. The lowest BCUT2D eigenvalue weighted by molar-refractivity contribution is -0.144. The third-order valence-electron chi connectivity index (χ3n) is 2.71. The van der Waals surface area contributed by atoms with Gasteiger partial charge >= 0.3 is 5.97 Å². The van der Waals surface area contributed by atoms with E-state index in [0.717, 1.165) is 0 Å². The van der Waals surface area contributed by atoms with E-state index >= 15 is 0 Å².